The topological polar surface area (TPSA) is 18.5 Å². The van der Waals surface area contributed by atoms with Gasteiger partial charge in [0.2, 0.25) is 0 Å². The van der Waals surface area contributed by atoms with Crippen molar-refractivity contribution in [1.29, 1.82) is 0 Å². The Morgan fingerprint density at radius 1 is 0.848 bits per heavy atom. The lowest BCUT2D eigenvalue weighted by Crippen LogP contribution is -2.34. The molecule has 0 spiro atoms. The number of benzene rings is 3. The molecule has 3 aromatic carbocycles. The highest BCUT2D eigenvalue weighted by Gasteiger charge is 2.58. The van der Waals surface area contributed by atoms with Gasteiger partial charge < -0.3 is 9.47 Å². The van der Waals surface area contributed by atoms with E-state index in [1.807, 2.05) is 24.3 Å². The summed E-state index contributed by atoms with van der Waals surface area (Å²) in [4.78, 5) is 3.52. The lowest BCUT2D eigenvalue weighted by atomic mass is 9.82. The minimum atomic E-state index is -0.324. The van der Waals surface area contributed by atoms with E-state index in [1.165, 1.54) is 22.6 Å². The Kier molecular flexibility index (Phi) is 5.46. The highest BCUT2D eigenvalue weighted by atomic mass is 32.2. The third-order valence-corrected chi connectivity index (χ3v) is 10.1. The van der Waals surface area contributed by atoms with Gasteiger partial charge in [0.1, 0.15) is 5.60 Å². The standard InChI is InChI=1S/C29H30FO2S/c1-2-29(18-23-24(19-29)27-16-15-26(23)31-27)32-28-17-22(13-14-25(28)30)33(20-9-5-3-6-10-20)21-11-7-4-8-12-21/h3-14,17,23-24,26-27H,2,15-16,18-19H2,1H3/q+1. The monoisotopic (exact) mass is 461 g/mol. The van der Waals surface area contributed by atoms with Crippen LogP contribution in [0.25, 0.3) is 0 Å². The van der Waals surface area contributed by atoms with E-state index < -0.39 is 0 Å². The van der Waals surface area contributed by atoms with Gasteiger partial charge in [-0.05, 0) is 80.3 Å². The van der Waals surface area contributed by atoms with Crippen LogP contribution in [0.4, 0.5) is 4.39 Å². The third-order valence-electron chi connectivity index (χ3n) is 7.87. The molecule has 0 amide bonds. The summed E-state index contributed by atoms with van der Waals surface area (Å²) in [7, 11) is -0.324. The molecule has 2 bridgehead atoms. The van der Waals surface area contributed by atoms with Gasteiger partial charge in [0.15, 0.2) is 26.3 Å². The predicted octanol–water partition coefficient (Wildman–Crippen LogP) is 7.04. The van der Waals surface area contributed by atoms with Gasteiger partial charge in [0, 0.05) is 6.07 Å². The molecule has 0 N–H and O–H groups in total. The molecule has 0 radical (unpaired) electrons. The van der Waals surface area contributed by atoms with E-state index in [4.69, 9.17) is 9.47 Å². The van der Waals surface area contributed by atoms with E-state index >= 15 is 4.39 Å². The van der Waals surface area contributed by atoms with Crippen LogP contribution in [0.3, 0.4) is 0 Å². The Hall–Kier alpha value is -2.30. The Morgan fingerprint density at radius 2 is 1.42 bits per heavy atom. The fourth-order valence-electron chi connectivity index (χ4n) is 6.27. The van der Waals surface area contributed by atoms with Crippen LogP contribution in [0.2, 0.25) is 0 Å². The van der Waals surface area contributed by atoms with E-state index in [0.29, 0.717) is 29.8 Å². The molecule has 3 aromatic rings. The van der Waals surface area contributed by atoms with E-state index in [2.05, 4.69) is 55.5 Å². The van der Waals surface area contributed by atoms with Gasteiger partial charge >= 0.3 is 0 Å². The number of rotatable bonds is 6. The second-order valence-electron chi connectivity index (χ2n) is 9.69. The molecule has 170 valence electrons. The molecule has 0 aromatic heterocycles. The number of fused-ring (bicyclic) bond motifs is 5. The highest BCUT2D eigenvalue weighted by molar-refractivity contribution is 7.97. The van der Waals surface area contributed by atoms with E-state index in [-0.39, 0.29) is 22.3 Å². The van der Waals surface area contributed by atoms with Gasteiger partial charge in [-0.15, -0.1) is 0 Å². The first-order valence-corrected chi connectivity index (χ1v) is 13.4. The van der Waals surface area contributed by atoms with Crippen LogP contribution < -0.4 is 4.74 Å². The summed E-state index contributed by atoms with van der Waals surface area (Å²) >= 11 is 0. The van der Waals surface area contributed by atoms with Crippen LogP contribution in [-0.4, -0.2) is 17.8 Å². The fourth-order valence-corrected chi connectivity index (χ4v) is 8.37. The molecule has 2 aliphatic heterocycles. The Labute approximate surface area is 198 Å². The van der Waals surface area contributed by atoms with E-state index in [9.17, 15) is 0 Å². The summed E-state index contributed by atoms with van der Waals surface area (Å²) in [5.41, 5.74) is -0.294. The zero-order valence-electron chi connectivity index (χ0n) is 19.0. The molecule has 4 atom stereocenters. The lowest BCUT2D eigenvalue weighted by Gasteiger charge is -2.31. The van der Waals surface area contributed by atoms with Crippen LogP contribution in [0.15, 0.2) is 93.5 Å². The van der Waals surface area contributed by atoms with Crippen LogP contribution in [0, 0.1) is 17.7 Å². The maximum Gasteiger partial charge on any atom is 0.170 e. The minimum Gasteiger partial charge on any atom is -0.484 e. The first-order valence-electron chi connectivity index (χ1n) is 12.1. The molecule has 2 nitrogen and oxygen atoms in total. The van der Waals surface area contributed by atoms with Crippen molar-refractivity contribution in [2.24, 2.45) is 11.8 Å². The van der Waals surface area contributed by atoms with Crippen LogP contribution in [0.5, 0.6) is 5.75 Å². The molecular formula is C29H30FO2S+. The summed E-state index contributed by atoms with van der Waals surface area (Å²) in [5, 5.41) is 0. The first-order chi connectivity index (χ1) is 16.2. The van der Waals surface area contributed by atoms with Crippen molar-refractivity contribution in [3.63, 3.8) is 0 Å². The Balaban J connectivity index is 1.34. The molecule has 4 heteroatoms. The molecular weight excluding hydrogens is 431 g/mol. The van der Waals surface area contributed by atoms with Crippen molar-refractivity contribution in [2.75, 3.05) is 0 Å². The quantitative estimate of drug-likeness (QED) is 0.367. The predicted molar refractivity (Wildman–Crippen MR) is 129 cm³/mol. The molecule has 2 saturated heterocycles. The van der Waals surface area contributed by atoms with Gasteiger partial charge in [-0.25, -0.2) is 4.39 Å². The molecule has 6 rings (SSSR count). The van der Waals surface area contributed by atoms with Gasteiger partial charge in [-0.1, -0.05) is 43.3 Å². The summed E-state index contributed by atoms with van der Waals surface area (Å²) < 4.78 is 27.9. The van der Waals surface area contributed by atoms with Crippen molar-refractivity contribution >= 4 is 10.9 Å². The molecule has 33 heavy (non-hydrogen) atoms. The molecule has 3 aliphatic rings. The molecule has 1 saturated carbocycles. The summed E-state index contributed by atoms with van der Waals surface area (Å²) in [6.07, 6.45) is 5.96. The maximum atomic E-state index is 15.1. The maximum absolute atomic E-state index is 15.1. The van der Waals surface area contributed by atoms with Gasteiger partial charge in [0.05, 0.1) is 23.1 Å². The molecule has 1 aliphatic carbocycles. The number of hydrogen-bond donors (Lipinski definition) is 0. The van der Waals surface area contributed by atoms with Crippen molar-refractivity contribution < 1.29 is 13.9 Å². The van der Waals surface area contributed by atoms with Crippen molar-refractivity contribution in [3.8, 4) is 5.75 Å². The number of halogens is 1. The van der Waals surface area contributed by atoms with Gasteiger partial charge in [-0.2, -0.15) is 0 Å². The van der Waals surface area contributed by atoms with Gasteiger partial charge in [0.25, 0.3) is 0 Å². The normalized spacial score (nSPS) is 30.0. The fraction of sp³-hybridized carbons (Fsp3) is 0.379. The van der Waals surface area contributed by atoms with Crippen LogP contribution >= 0.6 is 0 Å². The molecule has 4 unspecified atom stereocenters. The first kappa shape index (κ1) is 21.2. The Morgan fingerprint density at radius 3 is 1.97 bits per heavy atom. The smallest absolute Gasteiger partial charge is 0.170 e. The summed E-state index contributed by atoms with van der Waals surface area (Å²) in [5.74, 6) is 1.26. The molecule has 3 fully saturated rings. The summed E-state index contributed by atoms with van der Waals surface area (Å²) in [6.45, 7) is 2.18. The van der Waals surface area contributed by atoms with Crippen LogP contribution in [0.1, 0.15) is 39.0 Å². The van der Waals surface area contributed by atoms with Crippen LogP contribution in [-0.2, 0) is 15.6 Å². The zero-order chi connectivity index (χ0) is 22.4. The number of hydrogen-bond acceptors (Lipinski definition) is 2. The summed E-state index contributed by atoms with van der Waals surface area (Å²) in [6, 6.07) is 26.4. The zero-order valence-corrected chi connectivity index (χ0v) is 19.8. The van der Waals surface area contributed by atoms with Crippen molar-refractivity contribution in [1.82, 2.24) is 0 Å². The third kappa shape index (κ3) is 3.77. The average Bonchev–Trinajstić information content (AvgIpc) is 3.56. The van der Waals surface area contributed by atoms with E-state index in [1.54, 1.807) is 6.07 Å². The molecule has 2 heterocycles. The van der Waals surface area contributed by atoms with Crippen molar-refractivity contribution in [3.05, 3.63) is 84.7 Å². The second kappa shape index (κ2) is 8.48. The number of ether oxygens (including phenoxy) is 2. The minimum absolute atomic E-state index is 0.271. The largest absolute Gasteiger partial charge is 0.484 e. The second-order valence-corrected chi connectivity index (χ2v) is 11.7. The highest BCUT2D eigenvalue weighted by Crippen LogP contribution is 2.56. The van der Waals surface area contributed by atoms with Gasteiger partial charge in [-0.3, -0.25) is 0 Å². The SMILES string of the molecule is CCC1(Oc2cc([S+](c3ccccc3)c3ccccc3)ccc2F)CC2C3CCC(O3)C2C1. The Bertz CT molecular complexity index is 1060. The van der Waals surface area contributed by atoms with E-state index in [0.717, 1.165) is 24.2 Å². The lowest BCUT2D eigenvalue weighted by molar-refractivity contribution is 0.0183. The average molecular weight is 462 g/mol. The van der Waals surface area contributed by atoms with Crippen molar-refractivity contribution in [2.45, 2.75) is 71.5 Å².